The van der Waals surface area contributed by atoms with Crippen LogP contribution in [0.4, 0.5) is 0 Å². The Kier molecular flexibility index (Phi) is 7.93. The van der Waals surface area contributed by atoms with Crippen molar-refractivity contribution >= 4 is 21.8 Å². The third-order valence-corrected chi connectivity index (χ3v) is 9.82. The van der Waals surface area contributed by atoms with Gasteiger partial charge in [0.25, 0.3) is 0 Å². The molecule has 0 saturated heterocycles. The largest absolute Gasteiger partial charge is 0.497 e. The summed E-state index contributed by atoms with van der Waals surface area (Å²) in [5.41, 5.74) is 9.32. The number of methoxy groups -OCH3 is 1. The summed E-state index contributed by atoms with van der Waals surface area (Å²) in [7, 11) is 1.68. The first-order valence-corrected chi connectivity index (χ1v) is 17.0. The second-order valence-corrected chi connectivity index (χ2v) is 14.8. The molecule has 48 heavy (non-hydrogen) atoms. The average molecular weight is 639 g/mol. The minimum absolute atomic E-state index is 0.114. The summed E-state index contributed by atoms with van der Waals surface area (Å²) in [6.07, 6.45) is 5.44. The Labute approximate surface area is 284 Å². The predicted octanol–water partition coefficient (Wildman–Crippen LogP) is 10.8. The molecule has 1 aliphatic carbocycles. The number of benzene rings is 3. The van der Waals surface area contributed by atoms with Gasteiger partial charge in [0.1, 0.15) is 23.1 Å². The quantitative estimate of drug-likeness (QED) is 0.170. The summed E-state index contributed by atoms with van der Waals surface area (Å²) in [5.74, 6) is 4.60. The molecule has 3 heterocycles. The summed E-state index contributed by atoms with van der Waals surface area (Å²) in [5, 5.41) is 7.53. The third kappa shape index (κ3) is 5.57. The van der Waals surface area contributed by atoms with E-state index in [9.17, 15) is 0 Å². The van der Waals surface area contributed by atoms with Gasteiger partial charge in [0.2, 0.25) is 0 Å². The number of para-hydroxylation sites is 1. The van der Waals surface area contributed by atoms with Crippen LogP contribution in [0.15, 0.2) is 90.6 Å². The standard InChI is InChI=1S/C42H46N4O2/c1-25-18-27(3)39(28(4)19-25)40-29(5)44-46(41(40)42(6,7)8)30-20-26(2)21-33(22-30)48-32-14-15-35-34-12-10-11-13-36(34)45(37(35)23-32)38-24-31(47-9)16-17-43-38/h10-18,20-25,28,39H,19H2,1-9H3/t25?,28-,39+/m0/s1. The van der Waals surface area contributed by atoms with Crippen LogP contribution in [0.25, 0.3) is 33.3 Å². The molecule has 0 fully saturated rings. The zero-order valence-electron chi connectivity index (χ0n) is 29.6. The average Bonchev–Trinajstić information content (AvgIpc) is 3.55. The number of aromatic nitrogens is 4. The summed E-state index contributed by atoms with van der Waals surface area (Å²) in [6.45, 7) is 18.2. The van der Waals surface area contributed by atoms with Gasteiger partial charge >= 0.3 is 0 Å². The molecule has 7 rings (SSSR count). The van der Waals surface area contributed by atoms with E-state index in [0.717, 1.165) is 61.8 Å². The highest BCUT2D eigenvalue weighted by Gasteiger charge is 2.36. The summed E-state index contributed by atoms with van der Waals surface area (Å²) in [4.78, 5) is 4.71. The van der Waals surface area contributed by atoms with Crippen molar-refractivity contribution in [3.63, 3.8) is 0 Å². The molecule has 1 aliphatic rings. The van der Waals surface area contributed by atoms with E-state index < -0.39 is 0 Å². The molecule has 0 aliphatic heterocycles. The predicted molar refractivity (Wildman–Crippen MR) is 196 cm³/mol. The molecule has 3 aromatic carbocycles. The van der Waals surface area contributed by atoms with Crippen molar-refractivity contribution in [3.8, 4) is 28.8 Å². The zero-order chi connectivity index (χ0) is 33.9. The molecule has 0 saturated carbocycles. The topological polar surface area (TPSA) is 54.1 Å². The van der Waals surface area contributed by atoms with Crippen molar-refractivity contribution in [2.75, 3.05) is 7.11 Å². The van der Waals surface area contributed by atoms with Gasteiger partial charge in [-0.1, -0.05) is 64.5 Å². The zero-order valence-corrected chi connectivity index (χ0v) is 29.6. The highest BCUT2D eigenvalue weighted by atomic mass is 16.5. The van der Waals surface area contributed by atoms with E-state index in [-0.39, 0.29) is 5.41 Å². The Balaban J connectivity index is 1.33. The Hall–Kier alpha value is -4.84. The fourth-order valence-electron chi connectivity index (χ4n) is 8.08. The van der Waals surface area contributed by atoms with E-state index >= 15 is 0 Å². The molecule has 6 heteroatoms. The van der Waals surface area contributed by atoms with Gasteiger partial charge in [0.15, 0.2) is 0 Å². The molecular formula is C42H46N4O2. The number of pyridine rings is 1. The maximum absolute atomic E-state index is 6.68. The normalized spacial score (nSPS) is 18.4. The Morgan fingerprint density at radius 2 is 1.58 bits per heavy atom. The lowest BCUT2D eigenvalue weighted by Crippen LogP contribution is -2.25. The highest BCUT2D eigenvalue weighted by molar-refractivity contribution is 6.09. The molecule has 6 aromatic rings. The van der Waals surface area contributed by atoms with Crippen LogP contribution in [0.1, 0.15) is 76.4 Å². The molecule has 0 amide bonds. The van der Waals surface area contributed by atoms with Crippen molar-refractivity contribution < 1.29 is 9.47 Å². The van der Waals surface area contributed by atoms with E-state index in [1.54, 1.807) is 13.3 Å². The molecule has 3 aromatic heterocycles. The monoisotopic (exact) mass is 638 g/mol. The van der Waals surface area contributed by atoms with Crippen LogP contribution < -0.4 is 9.47 Å². The lowest BCUT2D eigenvalue weighted by Gasteiger charge is -2.34. The van der Waals surface area contributed by atoms with Crippen LogP contribution in [0, 0.1) is 25.7 Å². The van der Waals surface area contributed by atoms with Gasteiger partial charge in [-0.05, 0) is 81.0 Å². The van der Waals surface area contributed by atoms with E-state index in [1.807, 2.05) is 12.1 Å². The van der Waals surface area contributed by atoms with Gasteiger partial charge in [0.05, 0.1) is 35.2 Å². The molecule has 0 N–H and O–H groups in total. The maximum atomic E-state index is 6.68. The van der Waals surface area contributed by atoms with Gasteiger partial charge in [0, 0.05) is 52.1 Å². The van der Waals surface area contributed by atoms with Crippen LogP contribution in [0.3, 0.4) is 0 Å². The van der Waals surface area contributed by atoms with Gasteiger partial charge in [-0.2, -0.15) is 5.10 Å². The molecule has 0 bridgehead atoms. The van der Waals surface area contributed by atoms with Crippen LogP contribution in [-0.4, -0.2) is 26.4 Å². The van der Waals surface area contributed by atoms with Crippen LogP contribution >= 0.6 is 0 Å². The number of hydrogen-bond acceptors (Lipinski definition) is 4. The first-order valence-electron chi connectivity index (χ1n) is 17.0. The molecule has 6 nitrogen and oxygen atoms in total. The van der Waals surface area contributed by atoms with E-state index in [2.05, 4.69) is 131 Å². The van der Waals surface area contributed by atoms with Crippen molar-refractivity contribution in [3.05, 3.63) is 113 Å². The highest BCUT2D eigenvalue weighted by Crippen LogP contribution is 2.46. The van der Waals surface area contributed by atoms with E-state index in [1.165, 1.54) is 23.3 Å². The molecule has 246 valence electrons. The maximum Gasteiger partial charge on any atom is 0.141 e. The Bertz CT molecular complexity index is 2200. The molecule has 1 unspecified atom stereocenters. The lowest BCUT2D eigenvalue weighted by atomic mass is 9.70. The van der Waals surface area contributed by atoms with Gasteiger partial charge in [-0.25, -0.2) is 9.67 Å². The van der Waals surface area contributed by atoms with Gasteiger partial charge < -0.3 is 9.47 Å². The second kappa shape index (κ2) is 12.0. The smallest absolute Gasteiger partial charge is 0.141 e. The van der Waals surface area contributed by atoms with Gasteiger partial charge in [-0.3, -0.25) is 4.57 Å². The van der Waals surface area contributed by atoms with Crippen LogP contribution in [0.5, 0.6) is 17.2 Å². The van der Waals surface area contributed by atoms with Crippen LogP contribution in [0.2, 0.25) is 0 Å². The second-order valence-electron chi connectivity index (χ2n) is 14.8. The number of hydrogen-bond donors (Lipinski definition) is 0. The lowest BCUT2D eigenvalue weighted by molar-refractivity contribution is 0.385. The minimum atomic E-state index is -0.114. The van der Waals surface area contributed by atoms with Crippen molar-refractivity contribution in [1.82, 2.24) is 19.3 Å². The Morgan fingerprint density at radius 1 is 0.812 bits per heavy atom. The summed E-state index contributed by atoms with van der Waals surface area (Å²) < 4.78 is 16.6. The van der Waals surface area contributed by atoms with E-state index in [0.29, 0.717) is 17.8 Å². The first kappa shape index (κ1) is 31.7. The number of allylic oxidation sites excluding steroid dienone is 2. The fourth-order valence-corrected chi connectivity index (χ4v) is 8.08. The van der Waals surface area contributed by atoms with Crippen LogP contribution in [-0.2, 0) is 5.41 Å². The molecule has 3 atom stereocenters. The summed E-state index contributed by atoms with van der Waals surface area (Å²) >= 11 is 0. The number of aryl methyl sites for hydroxylation is 2. The fraction of sp³-hybridized carbons (Fsp3) is 0.333. The van der Waals surface area contributed by atoms with E-state index in [4.69, 9.17) is 19.6 Å². The Morgan fingerprint density at radius 3 is 2.33 bits per heavy atom. The number of fused-ring (bicyclic) bond motifs is 3. The number of rotatable bonds is 6. The third-order valence-electron chi connectivity index (χ3n) is 9.82. The molecule has 0 spiro atoms. The van der Waals surface area contributed by atoms with Crippen molar-refractivity contribution in [1.29, 1.82) is 0 Å². The molecule has 0 radical (unpaired) electrons. The first-order chi connectivity index (χ1) is 22.9. The van der Waals surface area contributed by atoms with Crippen molar-refractivity contribution in [2.24, 2.45) is 11.8 Å². The van der Waals surface area contributed by atoms with Crippen molar-refractivity contribution in [2.45, 2.75) is 73.1 Å². The van der Waals surface area contributed by atoms with Gasteiger partial charge in [-0.15, -0.1) is 0 Å². The molecular weight excluding hydrogens is 592 g/mol. The number of nitrogens with zero attached hydrogens (tertiary/aromatic N) is 4. The number of ether oxygens (including phenoxy) is 2. The minimum Gasteiger partial charge on any atom is -0.497 e. The SMILES string of the molecule is COc1ccnc(-n2c3ccccc3c3ccc(Oc4cc(C)cc(-n5nc(C)c([C@@H]6C(C)=CC(C)C[C@@H]6C)c5C(C)(C)C)c4)cc32)c1. The summed E-state index contributed by atoms with van der Waals surface area (Å²) in [6, 6.07) is 25.0.